The number of aryl methyl sites for hydroxylation is 1. The minimum Gasteiger partial charge on any atom is -0.494 e. The van der Waals surface area contributed by atoms with E-state index in [1.54, 1.807) is 25.1 Å². The molecule has 0 radical (unpaired) electrons. The number of hydrogen-bond acceptors (Lipinski definition) is 3. The summed E-state index contributed by atoms with van der Waals surface area (Å²) in [4.78, 5) is 11.1. The number of aromatic carboxylic acids is 1. The predicted molar refractivity (Wildman–Crippen MR) is 61.8 cm³/mol. The first kappa shape index (κ1) is 11.2. The zero-order valence-electron chi connectivity index (χ0n) is 9.54. The van der Waals surface area contributed by atoms with Gasteiger partial charge in [0.15, 0.2) is 5.69 Å². The van der Waals surface area contributed by atoms with Gasteiger partial charge in [-0.25, -0.2) is 9.48 Å². The molecule has 0 aliphatic rings. The maximum Gasteiger partial charge on any atom is 0.354 e. The lowest BCUT2D eigenvalue weighted by Crippen LogP contribution is -2.08. The van der Waals surface area contributed by atoms with Crippen molar-refractivity contribution in [2.75, 3.05) is 7.11 Å². The maximum atomic E-state index is 11.1. The number of carbonyl (C=O) groups is 1. The van der Waals surface area contributed by atoms with Crippen LogP contribution in [-0.4, -0.2) is 28.0 Å². The van der Waals surface area contributed by atoms with E-state index in [1.165, 1.54) is 17.9 Å². The largest absolute Gasteiger partial charge is 0.494 e. The lowest BCUT2D eigenvalue weighted by molar-refractivity contribution is 0.0687. The second kappa shape index (κ2) is 4.29. The predicted octanol–water partition coefficient (Wildman–Crippen LogP) is 1.89. The van der Waals surface area contributed by atoms with E-state index >= 15 is 0 Å². The summed E-state index contributed by atoms with van der Waals surface area (Å²) in [6.07, 6.45) is 0. The standard InChI is InChI=1S/C12H12N2O3/c1-8-7-10(12(15)16)14(13-8)9-5-3-4-6-11(9)17-2/h3-7H,1-2H3,(H,15,16). The lowest BCUT2D eigenvalue weighted by atomic mass is 10.3. The molecule has 0 bridgehead atoms. The van der Waals surface area contributed by atoms with Crippen molar-refractivity contribution in [1.29, 1.82) is 0 Å². The van der Waals surface area contributed by atoms with Crippen molar-refractivity contribution in [3.05, 3.63) is 41.7 Å². The molecule has 5 nitrogen and oxygen atoms in total. The van der Waals surface area contributed by atoms with Gasteiger partial charge >= 0.3 is 5.97 Å². The number of rotatable bonds is 3. The summed E-state index contributed by atoms with van der Waals surface area (Å²) in [5.74, 6) is -0.436. The first-order chi connectivity index (χ1) is 8.13. The van der Waals surface area contributed by atoms with Gasteiger partial charge in [0.25, 0.3) is 0 Å². The molecule has 0 aliphatic carbocycles. The minimum atomic E-state index is -1.02. The molecule has 0 aliphatic heterocycles. The van der Waals surface area contributed by atoms with Gasteiger partial charge in [0.1, 0.15) is 11.4 Å². The number of methoxy groups -OCH3 is 1. The van der Waals surface area contributed by atoms with Crippen LogP contribution in [0.25, 0.3) is 5.69 Å². The van der Waals surface area contributed by atoms with Crippen molar-refractivity contribution in [3.63, 3.8) is 0 Å². The van der Waals surface area contributed by atoms with Crippen LogP contribution >= 0.6 is 0 Å². The Bertz CT molecular complexity index is 561. The van der Waals surface area contributed by atoms with Crippen LogP contribution in [0.1, 0.15) is 16.2 Å². The van der Waals surface area contributed by atoms with Gasteiger partial charge in [0.2, 0.25) is 0 Å². The van der Waals surface area contributed by atoms with Crippen LogP contribution in [0.2, 0.25) is 0 Å². The van der Waals surface area contributed by atoms with Gasteiger partial charge < -0.3 is 9.84 Å². The fourth-order valence-electron chi connectivity index (χ4n) is 1.64. The van der Waals surface area contributed by atoms with Crippen molar-refractivity contribution in [2.45, 2.75) is 6.92 Å². The molecular formula is C12H12N2O3. The molecule has 88 valence electrons. The van der Waals surface area contributed by atoms with Gasteiger partial charge in [-0.15, -0.1) is 0 Å². The molecule has 5 heteroatoms. The highest BCUT2D eigenvalue weighted by Gasteiger charge is 2.16. The van der Waals surface area contributed by atoms with Crippen molar-refractivity contribution < 1.29 is 14.6 Å². The summed E-state index contributed by atoms with van der Waals surface area (Å²) in [5, 5.41) is 13.3. The fraction of sp³-hybridized carbons (Fsp3) is 0.167. The Morgan fingerprint density at radius 2 is 2.12 bits per heavy atom. The molecule has 0 amide bonds. The molecule has 1 N–H and O–H groups in total. The zero-order chi connectivity index (χ0) is 12.4. The van der Waals surface area contributed by atoms with Crippen LogP contribution in [0.3, 0.4) is 0 Å². The molecule has 1 aromatic carbocycles. The highest BCUT2D eigenvalue weighted by molar-refractivity contribution is 5.86. The summed E-state index contributed by atoms with van der Waals surface area (Å²) in [7, 11) is 1.54. The summed E-state index contributed by atoms with van der Waals surface area (Å²) < 4.78 is 6.56. The first-order valence-corrected chi connectivity index (χ1v) is 5.07. The quantitative estimate of drug-likeness (QED) is 0.877. The molecule has 1 aromatic heterocycles. The molecule has 0 unspecified atom stereocenters. The normalized spacial score (nSPS) is 10.2. The molecule has 17 heavy (non-hydrogen) atoms. The van der Waals surface area contributed by atoms with E-state index in [-0.39, 0.29) is 5.69 Å². The smallest absolute Gasteiger partial charge is 0.354 e. The Balaban J connectivity index is 2.63. The third-order valence-corrected chi connectivity index (χ3v) is 2.36. The number of carboxylic acid groups (broad SMARTS) is 1. The third kappa shape index (κ3) is 1.99. The van der Waals surface area contributed by atoms with Crippen LogP contribution in [0.15, 0.2) is 30.3 Å². The topological polar surface area (TPSA) is 64.4 Å². The van der Waals surface area contributed by atoms with Crippen molar-refractivity contribution in [2.24, 2.45) is 0 Å². The first-order valence-electron chi connectivity index (χ1n) is 5.07. The van der Waals surface area contributed by atoms with E-state index < -0.39 is 5.97 Å². The molecule has 0 saturated carbocycles. The van der Waals surface area contributed by atoms with Crippen LogP contribution in [0.4, 0.5) is 0 Å². The summed E-state index contributed by atoms with van der Waals surface area (Å²) in [6, 6.07) is 8.67. The Kier molecular flexibility index (Phi) is 2.82. The molecule has 0 saturated heterocycles. The van der Waals surface area contributed by atoms with Gasteiger partial charge in [-0.1, -0.05) is 12.1 Å². The van der Waals surface area contributed by atoms with E-state index in [1.807, 2.05) is 6.07 Å². The third-order valence-electron chi connectivity index (χ3n) is 2.36. The Morgan fingerprint density at radius 1 is 1.41 bits per heavy atom. The number of aromatic nitrogens is 2. The molecular weight excluding hydrogens is 220 g/mol. The van der Waals surface area contributed by atoms with Crippen molar-refractivity contribution >= 4 is 5.97 Å². The average molecular weight is 232 g/mol. The summed E-state index contributed by atoms with van der Waals surface area (Å²) >= 11 is 0. The second-order valence-electron chi connectivity index (χ2n) is 3.56. The highest BCUT2D eigenvalue weighted by Crippen LogP contribution is 2.23. The average Bonchev–Trinajstić information content (AvgIpc) is 2.71. The number of para-hydroxylation sites is 2. The Morgan fingerprint density at radius 3 is 2.76 bits per heavy atom. The molecule has 1 heterocycles. The van der Waals surface area contributed by atoms with Gasteiger partial charge in [-0.05, 0) is 25.1 Å². The summed E-state index contributed by atoms with van der Waals surface area (Å²) in [5.41, 5.74) is 1.38. The highest BCUT2D eigenvalue weighted by atomic mass is 16.5. The van der Waals surface area contributed by atoms with E-state index in [0.717, 1.165) is 0 Å². The molecule has 2 rings (SSSR count). The van der Waals surface area contributed by atoms with E-state index in [2.05, 4.69) is 5.10 Å². The number of hydrogen-bond donors (Lipinski definition) is 1. The SMILES string of the molecule is COc1ccccc1-n1nc(C)cc1C(=O)O. The van der Waals surface area contributed by atoms with Gasteiger partial charge in [-0.2, -0.15) is 5.10 Å². The second-order valence-corrected chi connectivity index (χ2v) is 3.56. The molecule has 0 atom stereocenters. The van der Waals surface area contributed by atoms with Crippen molar-refractivity contribution in [1.82, 2.24) is 9.78 Å². The maximum absolute atomic E-state index is 11.1. The van der Waals surface area contributed by atoms with E-state index in [0.29, 0.717) is 17.1 Å². The van der Waals surface area contributed by atoms with E-state index in [4.69, 9.17) is 9.84 Å². The lowest BCUT2D eigenvalue weighted by Gasteiger charge is -2.09. The Labute approximate surface area is 98.3 Å². The molecule has 2 aromatic rings. The van der Waals surface area contributed by atoms with Crippen molar-refractivity contribution in [3.8, 4) is 11.4 Å². The number of ether oxygens (including phenoxy) is 1. The molecule has 0 fully saturated rings. The minimum absolute atomic E-state index is 0.118. The van der Waals surface area contributed by atoms with Gasteiger partial charge in [0, 0.05) is 0 Å². The molecule has 0 spiro atoms. The summed E-state index contributed by atoms with van der Waals surface area (Å²) in [6.45, 7) is 1.75. The van der Waals surface area contributed by atoms with Gasteiger partial charge in [-0.3, -0.25) is 0 Å². The zero-order valence-corrected chi connectivity index (χ0v) is 9.54. The number of carboxylic acids is 1. The monoisotopic (exact) mass is 232 g/mol. The fourth-order valence-corrected chi connectivity index (χ4v) is 1.64. The number of nitrogens with zero attached hydrogens (tertiary/aromatic N) is 2. The van der Waals surface area contributed by atoms with Crippen LogP contribution in [0, 0.1) is 6.92 Å². The van der Waals surface area contributed by atoms with Crippen LogP contribution in [-0.2, 0) is 0 Å². The van der Waals surface area contributed by atoms with E-state index in [9.17, 15) is 4.79 Å². The van der Waals surface area contributed by atoms with Gasteiger partial charge in [0.05, 0.1) is 12.8 Å². The van der Waals surface area contributed by atoms with Crippen LogP contribution < -0.4 is 4.74 Å². The Hall–Kier alpha value is -2.30. The van der Waals surface area contributed by atoms with Crippen LogP contribution in [0.5, 0.6) is 5.75 Å². The number of benzene rings is 1.